The largest absolute Gasteiger partial charge is 0.393 e. The Morgan fingerprint density at radius 3 is 2.28 bits per heavy atom. The maximum atomic E-state index is 13.0. The van der Waals surface area contributed by atoms with Gasteiger partial charge >= 0.3 is 6.18 Å². The molecule has 3 rings (SSSR count). The first-order valence-electron chi connectivity index (χ1n) is 9.75. The topological polar surface area (TPSA) is 60.9 Å². The van der Waals surface area contributed by atoms with Crippen molar-refractivity contribution in [2.45, 2.75) is 36.9 Å². The van der Waals surface area contributed by atoms with Gasteiger partial charge in [-0.2, -0.15) is 17.5 Å². The molecule has 1 aromatic rings. The molecule has 0 aromatic heterocycles. The highest BCUT2D eigenvalue weighted by Crippen LogP contribution is 2.33. The van der Waals surface area contributed by atoms with E-state index in [0.717, 1.165) is 0 Å². The molecule has 0 unspecified atom stereocenters. The molecule has 6 nitrogen and oxygen atoms in total. The van der Waals surface area contributed by atoms with Crippen molar-refractivity contribution >= 4 is 15.9 Å². The first kappa shape index (κ1) is 22.0. The van der Waals surface area contributed by atoms with Crippen LogP contribution in [0.1, 0.15) is 19.8 Å². The van der Waals surface area contributed by atoms with Gasteiger partial charge in [0.1, 0.15) is 0 Å². The molecule has 2 atom stereocenters. The number of amides is 1. The summed E-state index contributed by atoms with van der Waals surface area (Å²) in [6, 6.07) is 7.45. The van der Waals surface area contributed by atoms with Crippen molar-refractivity contribution in [3.63, 3.8) is 0 Å². The number of sulfonamides is 1. The van der Waals surface area contributed by atoms with Crippen LogP contribution in [0.3, 0.4) is 0 Å². The molecule has 1 aromatic carbocycles. The number of alkyl halides is 3. The van der Waals surface area contributed by atoms with Crippen molar-refractivity contribution in [2.75, 3.05) is 39.3 Å². The Balaban J connectivity index is 1.58. The van der Waals surface area contributed by atoms with E-state index in [-0.39, 0.29) is 49.9 Å². The Labute approximate surface area is 169 Å². The third kappa shape index (κ3) is 4.92. The molecule has 2 heterocycles. The SMILES string of the molecule is C[C@H](C(=O)N1CCN(S(=O)(=O)c2ccccc2)CC1)N1CCC[C@@H](C(F)(F)F)C1. The minimum Gasteiger partial charge on any atom is -0.339 e. The summed E-state index contributed by atoms with van der Waals surface area (Å²) in [5, 5.41) is 0. The zero-order chi connectivity index (χ0) is 21.2. The molecule has 1 amide bonds. The molecule has 0 bridgehead atoms. The summed E-state index contributed by atoms with van der Waals surface area (Å²) >= 11 is 0. The lowest BCUT2D eigenvalue weighted by Crippen LogP contribution is -2.56. The Kier molecular flexibility index (Phi) is 6.54. The van der Waals surface area contributed by atoms with Crippen LogP contribution in [0, 0.1) is 5.92 Å². The second kappa shape index (κ2) is 8.61. The lowest BCUT2D eigenvalue weighted by molar-refractivity contribution is -0.189. The van der Waals surface area contributed by atoms with Gasteiger partial charge in [0.2, 0.25) is 15.9 Å². The number of carbonyl (C=O) groups is 1. The lowest BCUT2D eigenvalue weighted by Gasteiger charge is -2.40. The Hall–Kier alpha value is -1.65. The number of halogens is 3. The monoisotopic (exact) mass is 433 g/mol. The lowest BCUT2D eigenvalue weighted by atomic mass is 9.96. The fourth-order valence-corrected chi connectivity index (χ4v) is 5.38. The van der Waals surface area contributed by atoms with Gasteiger partial charge in [0.05, 0.1) is 16.9 Å². The summed E-state index contributed by atoms with van der Waals surface area (Å²) < 4.78 is 65.8. The van der Waals surface area contributed by atoms with E-state index in [1.807, 2.05) is 0 Å². The maximum Gasteiger partial charge on any atom is 0.393 e. The first-order chi connectivity index (χ1) is 13.6. The first-order valence-corrected chi connectivity index (χ1v) is 11.2. The van der Waals surface area contributed by atoms with Crippen LogP contribution in [0.15, 0.2) is 35.2 Å². The normalized spacial score (nSPS) is 23.7. The van der Waals surface area contributed by atoms with Crippen molar-refractivity contribution < 1.29 is 26.4 Å². The minimum atomic E-state index is -4.25. The molecule has 2 aliphatic heterocycles. The number of hydrogen-bond donors (Lipinski definition) is 0. The number of nitrogens with zero attached hydrogens (tertiary/aromatic N) is 3. The molecule has 0 aliphatic carbocycles. The Morgan fingerprint density at radius 1 is 1.07 bits per heavy atom. The molecule has 0 N–H and O–H groups in total. The minimum absolute atomic E-state index is 0.0942. The van der Waals surface area contributed by atoms with Gasteiger partial charge in [0.25, 0.3) is 0 Å². The second-order valence-corrected chi connectivity index (χ2v) is 9.53. The average molecular weight is 433 g/mol. The van der Waals surface area contributed by atoms with Crippen LogP contribution in [0.25, 0.3) is 0 Å². The van der Waals surface area contributed by atoms with Gasteiger partial charge in [-0.25, -0.2) is 8.42 Å². The molecular formula is C19H26F3N3O3S. The van der Waals surface area contributed by atoms with Crippen LogP contribution in [0.5, 0.6) is 0 Å². The predicted octanol–water partition coefficient (Wildman–Crippen LogP) is 2.18. The summed E-state index contributed by atoms with van der Waals surface area (Å²) in [4.78, 5) is 16.2. The van der Waals surface area contributed by atoms with Gasteiger partial charge < -0.3 is 4.90 Å². The van der Waals surface area contributed by atoms with Crippen LogP contribution < -0.4 is 0 Å². The van der Waals surface area contributed by atoms with E-state index in [4.69, 9.17) is 0 Å². The molecular weight excluding hydrogens is 407 g/mol. The third-order valence-corrected chi connectivity index (χ3v) is 7.66. The fourth-order valence-electron chi connectivity index (χ4n) is 3.94. The zero-order valence-electron chi connectivity index (χ0n) is 16.3. The van der Waals surface area contributed by atoms with E-state index in [2.05, 4.69) is 0 Å². The smallest absolute Gasteiger partial charge is 0.339 e. The zero-order valence-corrected chi connectivity index (χ0v) is 17.1. The van der Waals surface area contributed by atoms with Gasteiger partial charge in [0.15, 0.2) is 0 Å². The van der Waals surface area contributed by atoms with Crippen molar-refractivity contribution in [3.8, 4) is 0 Å². The molecule has 29 heavy (non-hydrogen) atoms. The summed E-state index contributed by atoms with van der Waals surface area (Å²) in [5.74, 6) is -1.65. The molecule has 2 aliphatic rings. The number of rotatable bonds is 4. The number of piperazine rings is 1. The highest BCUT2D eigenvalue weighted by Gasteiger charge is 2.43. The van der Waals surface area contributed by atoms with Gasteiger partial charge in [-0.15, -0.1) is 0 Å². The number of benzene rings is 1. The van der Waals surface area contributed by atoms with Crippen molar-refractivity contribution in [1.82, 2.24) is 14.1 Å². The van der Waals surface area contributed by atoms with Gasteiger partial charge in [-0.1, -0.05) is 18.2 Å². The second-order valence-electron chi connectivity index (χ2n) is 7.59. The molecule has 10 heteroatoms. The van der Waals surface area contributed by atoms with Crippen LogP contribution in [-0.2, 0) is 14.8 Å². The quantitative estimate of drug-likeness (QED) is 0.730. The maximum absolute atomic E-state index is 13.0. The molecule has 2 saturated heterocycles. The van der Waals surface area contributed by atoms with Crippen LogP contribution in [0.4, 0.5) is 13.2 Å². The van der Waals surface area contributed by atoms with Crippen molar-refractivity contribution in [3.05, 3.63) is 30.3 Å². The van der Waals surface area contributed by atoms with Gasteiger partial charge in [-0.3, -0.25) is 9.69 Å². The number of likely N-dealkylation sites (tertiary alicyclic amines) is 1. The molecule has 0 spiro atoms. The predicted molar refractivity (Wildman–Crippen MR) is 102 cm³/mol. The van der Waals surface area contributed by atoms with Gasteiger partial charge in [-0.05, 0) is 38.4 Å². The van der Waals surface area contributed by atoms with E-state index in [9.17, 15) is 26.4 Å². The van der Waals surface area contributed by atoms with E-state index in [1.54, 1.807) is 34.9 Å². The fraction of sp³-hybridized carbons (Fsp3) is 0.632. The summed E-state index contributed by atoms with van der Waals surface area (Å²) in [6.07, 6.45) is -3.75. The van der Waals surface area contributed by atoms with Crippen molar-refractivity contribution in [2.24, 2.45) is 5.92 Å². The van der Waals surface area contributed by atoms with E-state index >= 15 is 0 Å². The van der Waals surface area contributed by atoms with Crippen molar-refractivity contribution in [1.29, 1.82) is 0 Å². The van der Waals surface area contributed by atoms with Crippen LogP contribution in [0.2, 0.25) is 0 Å². The van der Waals surface area contributed by atoms with Crippen LogP contribution >= 0.6 is 0 Å². The highest BCUT2D eigenvalue weighted by atomic mass is 32.2. The van der Waals surface area contributed by atoms with E-state index in [0.29, 0.717) is 13.0 Å². The summed E-state index contributed by atoms with van der Waals surface area (Å²) in [7, 11) is -3.62. The van der Waals surface area contributed by atoms with Crippen LogP contribution in [-0.4, -0.2) is 79.9 Å². The Morgan fingerprint density at radius 2 is 1.69 bits per heavy atom. The number of hydrogen-bond acceptors (Lipinski definition) is 4. The standard InChI is InChI=1S/C19H26F3N3O3S/c1-15(24-9-5-6-16(14-24)19(20,21)22)18(26)23-10-12-25(13-11-23)29(27,28)17-7-3-2-4-8-17/h2-4,7-8,15-16H,5-6,9-14H2,1H3/t15-,16-/m1/s1. The Bertz CT molecular complexity index is 809. The van der Waals surface area contributed by atoms with Gasteiger partial charge in [0, 0.05) is 32.7 Å². The molecule has 2 fully saturated rings. The third-order valence-electron chi connectivity index (χ3n) is 5.75. The van der Waals surface area contributed by atoms with E-state index in [1.165, 1.54) is 16.4 Å². The van der Waals surface area contributed by atoms with E-state index < -0.39 is 28.2 Å². The number of piperidine rings is 1. The average Bonchev–Trinajstić information content (AvgIpc) is 2.73. The summed E-state index contributed by atoms with van der Waals surface area (Å²) in [6.45, 7) is 2.72. The highest BCUT2D eigenvalue weighted by molar-refractivity contribution is 7.89. The number of carbonyl (C=O) groups excluding carboxylic acids is 1. The molecule has 0 saturated carbocycles. The molecule has 0 radical (unpaired) electrons. The molecule has 162 valence electrons. The summed E-state index contributed by atoms with van der Waals surface area (Å²) in [5.41, 5.74) is 0.